The zero-order chi connectivity index (χ0) is 20.1. The molecule has 0 spiro atoms. The molecular weight excluding hydrogens is 378 g/mol. The summed E-state index contributed by atoms with van der Waals surface area (Å²) in [5, 5.41) is 8.25. The van der Waals surface area contributed by atoms with E-state index in [1.54, 1.807) is 51.5 Å². The van der Waals surface area contributed by atoms with Gasteiger partial charge < -0.3 is 19.2 Å². The SMILES string of the molecule is COc1ccc(NC(=S)N/N=C(/C)c2cc3ccccc3oc2=O)cc1OC. The van der Waals surface area contributed by atoms with Crippen LogP contribution < -0.4 is 25.8 Å². The zero-order valence-electron chi connectivity index (χ0n) is 15.6. The van der Waals surface area contributed by atoms with Crippen LogP contribution in [-0.4, -0.2) is 25.0 Å². The fourth-order valence-corrected chi connectivity index (χ4v) is 2.75. The third-order valence-electron chi connectivity index (χ3n) is 4.00. The Morgan fingerprint density at radius 2 is 1.82 bits per heavy atom. The molecule has 0 fully saturated rings. The van der Waals surface area contributed by atoms with Gasteiger partial charge in [0.2, 0.25) is 0 Å². The van der Waals surface area contributed by atoms with E-state index in [2.05, 4.69) is 15.8 Å². The highest BCUT2D eigenvalue weighted by Crippen LogP contribution is 2.29. The molecule has 7 nitrogen and oxygen atoms in total. The molecule has 3 rings (SSSR count). The van der Waals surface area contributed by atoms with Crippen LogP contribution in [0.1, 0.15) is 12.5 Å². The van der Waals surface area contributed by atoms with Gasteiger partial charge in [-0.1, -0.05) is 18.2 Å². The molecular formula is C20H19N3O4S. The maximum atomic E-state index is 12.2. The molecule has 1 heterocycles. The number of hydrogen-bond acceptors (Lipinski definition) is 6. The van der Waals surface area contributed by atoms with Crippen molar-refractivity contribution in [1.82, 2.24) is 5.43 Å². The number of para-hydroxylation sites is 1. The summed E-state index contributed by atoms with van der Waals surface area (Å²) in [6.45, 7) is 1.70. The molecule has 144 valence electrons. The molecule has 2 aromatic carbocycles. The summed E-state index contributed by atoms with van der Waals surface area (Å²) in [4.78, 5) is 12.2. The Hall–Kier alpha value is -3.39. The third kappa shape index (κ3) is 4.29. The predicted octanol–water partition coefficient (Wildman–Crippen LogP) is 3.52. The van der Waals surface area contributed by atoms with Gasteiger partial charge >= 0.3 is 5.63 Å². The van der Waals surface area contributed by atoms with Gasteiger partial charge in [-0.3, -0.25) is 5.43 Å². The topological polar surface area (TPSA) is 85.1 Å². The molecule has 0 aliphatic rings. The lowest BCUT2D eigenvalue weighted by Crippen LogP contribution is -2.26. The van der Waals surface area contributed by atoms with Gasteiger partial charge in [-0.15, -0.1) is 0 Å². The minimum absolute atomic E-state index is 0.261. The van der Waals surface area contributed by atoms with Gasteiger partial charge in [0.25, 0.3) is 0 Å². The van der Waals surface area contributed by atoms with Crippen LogP contribution in [-0.2, 0) is 0 Å². The van der Waals surface area contributed by atoms with E-state index in [1.165, 1.54) is 0 Å². The molecule has 8 heteroatoms. The monoisotopic (exact) mass is 397 g/mol. The number of hydrogen-bond donors (Lipinski definition) is 2. The lowest BCUT2D eigenvalue weighted by Gasteiger charge is -2.11. The molecule has 0 saturated carbocycles. The number of nitrogens with one attached hydrogen (secondary N) is 2. The first-order valence-electron chi connectivity index (χ1n) is 8.38. The minimum Gasteiger partial charge on any atom is -0.493 e. The van der Waals surface area contributed by atoms with E-state index in [9.17, 15) is 4.79 Å². The van der Waals surface area contributed by atoms with Crippen LogP contribution in [0.25, 0.3) is 11.0 Å². The number of nitrogens with zero attached hydrogens (tertiary/aromatic N) is 1. The normalized spacial score (nSPS) is 11.2. The smallest absolute Gasteiger partial charge is 0.345 e. The Morgan fingerprint density at radius 1 is 1.07 bits per heavy atom. The van der Waals surface area contributed by atoms with Crippen LogP contribution in [0.15, 0.2) is 62.8 Å². The van der Waals surface area contributed by atoms with Crippen molar-refractivity contribution in [2.45, 2.75) is 6.92 Å². The van der Waals surface area contributed by atoms with Crippen LogP contribution in [0.5, 0.6) is 11.5 Å². The summed E-state index contributed by atoms with van der Waals surface area (Å²) in [6.07, 6.45) is 0. The molecule has 3 aromatic rings. The van der Waals surface area contributed by atoms with Crippen molar-refractivity contribution in [2.24, 2.45) is 5.10 Å². The van der Waals surface area contributed by atoms with Gasteiger partial charge in [-0.25, -0.2) is 4.79 Å². The second-order valence-electron chi connectivity index (χ2n) is 5.82. The fraction of sp³-hybridized carbons (Fsp3) is 0.150. The van der Waals surface area contributed by atoms with Crippen LogP contribution in [0.4, 0.5) is 5.69 Å². The molecule has 0 aliphatic heterocycles. The van der Waals surface area contributed by atoms with Crippen LogP contribution in [0.2, 0.25) is 0 Å². The van der Waals surface area contributed by atoms with Crippen molar-refractivity contribution >= 4 is 39.7 Å². The first kappa shape index (κ1) is 19.4. The summed E-state index contributed by atoms with van der Waals surface area (Å²) in [5.41, 5.74) is 4.32. The number of hydrazone groups is 1. The maximum Gasteiger partial charge on any atom is 0.345 e. The maximum absolute atomic E-state index is 12.2. The van der Waals surface area contributed by atoms with E-state index in [-0.39, 0.29) is 5.11 Å². The Kier molecular flexibility index (Phi) is 5.90. The van der Waals surface area contributed by atoms with E-state index in [0.717, 1.165) is 5.39 Å². The minimum atomic E-state index is -0.458. The summed E-state index contributed by atoms with van der Waals surface area (Å²) in [6, 6.07) is 14.3. The van der Waals surface area contributed by atoms with Crippen LogP contribution in [0.3, 0.4) is 0 Å². The van der Waals surface area contributed by atoms with Crippen molar-refractivity contribution in [3.63, 3.8) is 0 Å². The molecule has 0 radical (unpaired) electrons. The summed E-state index contributed by atoms with van der Waals surface area (Å²) in [5.74, 6) is 1.19. The largest absolute Gasteiger partial charge is 0.493 e. The predicted molar refractivity (Wildman–Crippen MR) is 114 cm³/mol. The Balaban J connectivity index is 1.73. The van der Waals surface area contributed by atoms with Crippen molar-refractivity contribution in [3.05, 3.63) is 64.5 Å². The molecule has 0 amide bonds. The standard InChI is InChI=1S/C20H19N3O4S/c1-12(15-10-13-6-4-5-7-16(13)27-19(15)24)22-23-20(28)21-14-8-9-17(25-2)18(11-14)26-3/h4-11H,1-3H3,(H2,21,23,28)/b22-12-. The summed E-state index contributed by atoms with van der Waals surface area (Å²) in [7, 11) is 3.12. The first-order chi connectivity index (χ1) is 13.5. The van der Waals surface area contributed by atoms with E-state index < -0.39 is 5.63 Å². The molecule has 0 atom stereocenters. The highest BCUT2D eigenvalue weighted by atomic mass is 32.1. The fourth-order valence-electron chi connectivity index (χ4n) is 2.58. The van der Waals surface area contributed by atoms with Crippen molar-refractivity contribution in [2.75, 3.05) is 19.5 Å². The van der Waals surface area contributed by atoms with Gasteiger partial charge in [0, 0.05) is 17.1 Å². The Labute approximate surface area is 167 Å². The van der Waals surface area contributed by atoms with Crippen molar-refractivity contribution in [1.29, 1.82) is 0 Å². The lowest BCUT2D eigenvalue weighted by atomic mass is 10.1. The van der Waals surface area contributed by atoms with Gasteiger partial charge in [0.1, 0.15) is 5.58 Å². The van der Waals surface area contributed by atoms with Crippen molar-refractivity contribution < 1.29 is 13.9 Å². The zero-order valence-corrected chi connectivity index (χ0v) is 16.4. The molecule has 0 saturated heterocycles. The highest BCUT2D eigenvalue weighted by Gasteiger charge is 2.09. The molecule has 1 aromatic heterocycles. The quantitative estimate of drug-likeness (QED) is 0.295. The number of fused-ring (bicyclic) bond motifs is 1. The van der Waals surface area contributed by atoms with E-state index in [4.69, 9.17) is 26.1 Å². The number of benzene rings is 2. The Bertz CT molecular complexity index is 1110. The summed E-state index contributed by atoms with van der Waals surface area (Å²) >= 11 is 5.25. The number of anilines is 1. The average Bonchev–Trinajstić information content (AvgIpc) is 2.71. The third-order valence-corrected chi connectivity index (χ3v) is 4.19. The Morgan fingerprint density at radius 3 is 2.57 bits per heavy atom. The van der Waals surface area contributed by atoms with Crippen LogP contribution in [0, 0.1) is 0 Å². The number of methoxy groups -OCH3 is 2. The number of rotatable bonds is 5. The van der Waals surface area contributed by atoms with Gasteiger partial charge in [0.05, 0.1) is 25.5 Å². The van der Waals surface area contributed by atoms with Gasteiger partial charge in [0.15, 0.2) is 16.6 Å². The number of thiocarbonyl (C=S) groups is 1. The summed E-state index contributed by atoms with van der Waals surface area (Å²) < 4.78 is 15.8. The molecule has 0 unspecified atom stereocenters. The second kappa shape index (κ2) is 8.53. The molecule has 2 N–H and O–H groups in total. The molecule has 28 heavy (non-hydrogen) atoms. The lowest BCUT2D eigenvalue weighted by molar-refractivity contribution is 0.355. The average molecular weight is 397 g/mol. The van der Waals surface area contributed by atoms with Gasteiger partial charge in [-0.05, 0) is 43.4 Å². The van der Waals surface area contributed by atoms with E-state index in [0.29, 0.717) is 34.0 Å². The van der Waals surface area contributed by atoms with Crippen molar-refractivity contribution in [3.8, 4) is 11.5 Å². The first-order valence-corrected chi connectivity index (χ1v) is 8.79. The van der Waals surface area contributed by atoms with Crippen LogP contribution >= 0.6 is 12.2 Å². The van der Waals surface area contributed by atoms with E-state index in [1.807, 2.05) is 18.2 Å². The highest BCUT2D eigenvalue weighted by molar-refractivity contribution is 7.80. The van der Waals surface area contributed by atoms with Gasteiger partial charge in [-0.2, -0.15) is 5.10 Å². The molecule has 0 bridgehead atoms. The molecule has 0 aliphatic carbocycles. The van der Waals surface area contributed by atoms with E-state index >= 15 is 0 Å². The number of ether oxygens (including phenoxy) is 2. The second-order valence-corrected chi connectivity index (χ2v) is 6.23.